The fraction of sp³-hybridized carbons (Fsp3) is 0.316. The lowest BCUT2D eigenvalue weighted by molar-refractivity contribution is 0.102. The summed E-state index contributed by atoms with van der Waals surface area (Å²) in [6.07, 6.45) is 3.05. The smallest absolute Gasteiger partial charge is 0.411 e. The number of carbonyl (C=O) groups excluding carboxylic acids is 2. The predicted molar refractivity (Wildman–Crippen MR) is 99.7 cm³/mol. The largest absolute Gasteiger partial charge is 0.478 e. The zero-order chi connectivity index (χ0) is 18.8. The van der Waals surface area contributed by atoms with Gasteiger partial charge in [-0.3, -0.25) is 10.1 Å². The summed E-state index contributed by atoms with van der Waals surface area (Å²) in [5.74, 6) is 0.264. The number of amides is 2. The van der Waals surface area contributed by atoms with E-state index in [0.717, 1.165) is 12.8 Å². The first kappa shape index (κ1) is 19.2. The standard InChI is InChI=1S/C19H23N3O4/c1-3-5-12-26-17-11-10-16(13-20-17)21-18(23)14-6-8-15(9-7-14)22-19(24)25-4-2/h6-11,13H,3-5,12H2,1-2H3,(H,21,23)(H,22,24). The molecule has 0 aliphatic rings. The minimum atomic E-state index is -0.531. The van der Waals surface area contributed by atoms with Crippen molar-refractivity contribution in [3.8, 4) is 5.88 Å². The Hall–Kier alpha value is -3.09. The molecule has 0 unspecified atom stereocenters. The molecule has 0 atom stereocenters. The van der Waals surface area contributed by atoms with E-state index < -0.39 is 6.09 Å². The van der Waals surface area contributed by atoms with E-state index in [2.05, 4.69) is 22.5 Å². The van der Waals surface area contributed by atoms with Gasteiger partial charge >= 0.3 is 6.09 Å². The van der Waals surface area contributed by atoms with Gasteiger partial charge in [-0.15, -0.1) is 0 Å². The van der Waals surface area contributed by atoms with Crippen LogP contribution in [0, 0.1) is 0 Å². The third-order valence-corrected chi connectivity index (χ3v) is 3.41. The Morgan fingerprint density at radius 3 is 2.35 bits per heavy atom. The third-order valence-electron chi connectivity index (χ3n) is 3.41. The summed E-state index contributed by atoms with van der Waals surface area (Å²) in [4.78, 5) is 27.8. The van der Waals surface area contributed by atoms with Crippen LogP contribution < -0.4 is 15.4 Å². The molecule has 0 aliphatic carbocycles. The summed E-state index contributed by atoms with van der Waals surface area (Å²) in [6.45, 7) is 4.74. The lowest BCUT2D eigenvalue weighted by Crippen LogP contribution is -2.14. The van der Waals surface area contributed by atoms with Crippen LogP contribution in [0.25, 0.3) is 0 Å². The molecule has 0 saturated carbocycles. The first-order valence-electron chi connectivity index (χ1n) is 8.56. The molecule has 0 bridgehead atoms. The molecule has 1 aromatic carbocycles. The molecule has 0 spiro atoms. The number of rotatable bonds is 8. The average Bonchev–Trinajstić information content (AvgIpc) is 2.64. The summed E-state index contributed by atoms with van der Waals surface area (Å²) in [5.41, 5.74) is 1.59. The minimum absolute atomic E-state index is 0.269. The molecule has 2 rings (SSSR count). The Kier molecular flexibility index (Phi) is 7.42. The number of aromatic nitrogens is 1. The summed E-state index contributed by atoms with van der Waals surface area (Å²) >= 11 is 0. The van der Waals surface area contributed by atoms with Gasteiger partial charge in [0.2, 0.25) is 5.88 Å². The Labute approximate surface area is 152 Å². The van der Waals surface area contributed by atoms with Gasteiger partial charge in [0.15, 0.2) is 0 Å². The highest BCUT2D eigenvalue weighted by molar-refractivity contribution is 6.04. The molecule has 26 heavy (non-hydrogen) atoms. The van der Waals surface area contributed by atoms with Crippen molar-refractivity contribution in [3.05, 3.63) is 48.2 Å². The van der Waals surface area contributed by atoms with Crippen molar-refractivity contribution in [2.24, 2.45) is 0 Å². The molecule has 7 nitrogen and oxygen atoms in total. The number of carbonyl (C=O) groups is 2. The normalized spacial score (nSPS) is 10.1. The van der Waals surface area contributed by atoms with Crippen LogP contribution in [0.4, 0.5) is 16.2 Å². The first-order valence-corrected chi connectivity index (χ1v) is 8.56. The second-order valence-electron chi connectivity index (χ2n) is 5.46. The van der Waals surface area contributed by atoms with Crippen molar-refractivity contribution in [1.29, 1.82) is 0 Å². The lowest BCUT2D eigenvalue weighted by Gasteiger charge is -2.08. The van der Waals surface area contributed by atoms with E-state index in [1.54, 1.807) is 49.5 Å². The van der Waals surface area contributed by atoms with E-state index >= 15 is 0 Å². The van der Waals surface area contributed by atoms with E-state index in [1.165, 1.54) is 0 Å². The molecule has 1 aromatic heterocycles. The van der Waals surface area contributed by atoms with Gasteiger partial charge in [-0.05, 0) is 43.7 Å². The van der Waals surface area contributed by atoms with Crippen LogP contribution in [0.3, 0.4) is 0 Å². The highest BCUT2D eigenvalue weighted by atomic mass is 16.5. The SMILES string of the molecule is CCCCOc1ccc(NC(=O)c2ccc(NC(=O)OCC)cc2)cn1. The zero-order valence-corrected chi connectivity index (χ0v) is 15.0. The van der Waals surface area contributed by atoms with Gasteiger partial charge in [0.1, 0.15) is 0 Å². The zero-order valence-electron chi connectivity index (χ0n) is 15.0. The van der Waals surface area contributed by atoms with E-state index in [0.29, 0.717) is 36.0 Å². The molecule has 7 heteroatoms. The highest BCUT2D eigenvalue weighted by Gasteiger charge is 2.08. The molecule has 0 saturated heterocycles. The Morgan fingerprint density at radius 1 is 1.00 bits per heavy atom. The molecule has 0 aliphatic heterocycles. The van der Waals surface area contributed by atoms with Crippen molar-refractivity contribution < 1.29 is 19.1 Å². The molecule has 138 valence electrons. The van der Waals surface area contributed by atoms with Gasteiger partial charge < -0.3 is 14.8 Å². The van der Waals surface area contributed by atoms with Gasteiger partial charge in [-0.25, -0.2) is 9.78 Å². The maximum Gasteiger partial charge on any atom is 0.411 e. The molecule has 2 aromatic rings. The Morgan fingerprint density at radius 2 is 1.73 bits per heavy atom. The van der Waals surface area contributed by atoms with E-state index in [1.807, 2.05) is 0 Å². The number of ether oxygens (including phenoxy) is 2. The van der Waals surface area contributed by atoms with Crippen molar-refractivity contribution in [2.45, 2.75) is 26.7 Å². The lowest BCUT2D eigenvalue weighted by atomic mass is 10.2. The van der Waals surface area contributed by atoms with Crippen molar-refractivity contribution in [2.75, 3.05) is 23.8 Å². The second-order valence-corrected chi connectivity index (χ2v) is 5.46. The number of unbranched alkanes of at least 4 members (excludes halogenated alkanes) is 1. The van der Waals surface area contributed by atoms with Gasteiger partial charge in [0, 0.05) is 17.3 Å². The molecular weight excluding hydrogens is 334 g/mol. The summed E-state index contributed by atoms with van der Waals surface area (Å²) in [6, 6.07) is 9.96. The molecular formula is C19H23N3O4. The van der Waals surface area contributed by atoms with Crippen molar-refractivity contribution in [1.82, 2.24) is 4.98 Å². The second kappa shape index (κ2) is 10.0. The Bertz CT molecular complexity index is 715. The summed E-state index contributed by atoms with van der Waals surface area (Å²) < 4.78 is 10.3. The van der Waals surface area contributed by atoms with Crippen LogP contribution in [0.2, 0.25) is 0 Å². The first-order chi connectivity index (χ1) is 12.6. The average molecular weight is 357 g/mol. The molecule has 0 radical (unpaired) electrons. The van der Waals surface area contributed by atoms with E-state index in [4.69, 9.17) is 9.47 Å². The van der Waals surface area contributed by atoms with E-state index in [9.17, 15) is 9.59 Å². The van der Waals surface area contributed by atoms with Crippen LogP contribution in [0.15, 0.2) is 42.6 Å². The number of anilines is 2. The molecule has 0 fully saturated rings. The molecule has 2 N–H and O–H groups in total. The maximum atomic E-state index is 12.3. The fourth-order valence-electron chi connectivity index (χ4n) is 2.05. The van der Waals surface area contributed by atoms with Crippen molar-refractivity contribution in [3.63, 3.8) is 0 Å². The van der Waals surface area contributed by atoms with Gasteiger partial charge in [0.25, 0.3) is 5.91 Å². The van der Waals surface area contributed by atoms with Crippen LogP contribution in [0.5, 0.6) is 5.88 Å². The van der Waals surface area contributed by atoms with Crippen LogP contribution in [0.1, 0.15) is 37.0 Å². The number of nitrogens with zero attached hydrogens (tertiary/aromatic N) is 1. The Balaban J connectivity index is 1.89. The van der Waals surface area contributed by atoms with Gasteiger partial charge in [-0.1, -0.05) is 13.3 Å². The maximum absolute atomic E-state index is 12.3. The highest BCUT2D eigenvalue weighted by Crippen LogP contribution is 2.15. The van der Waals surface area contributed by atoms with E-state index in [-0.39, 0.29) is 5.91 Å². The quantitative estimate of drug-likeness (QED) is 0.695. The molecule has 1 heterocycles. The number of benzene rings is 1. The number of nitrogens with one attached hydrogen (secondary N) is 2. The van der Waals surface area contributed by atoms with Crippen LogP contribution in [-0.2, 0) is 4.74 Å². The summed E-state index contributed by atoms with van der Waals surface area (Å²) in [7, 11) is 0. The fourth-order valence-corrected chi connectivity index (χ4v) is 2.05. The number of pyridine rings is 1. The number of hydrogen-bond donors (Lipinski definition) is 2. The summed E-state index contributed by atoms with van der Waals surface area (Å²) in [5, 5.41) is 5.33. The monoisotopic (exact) mass is 357 g/mol. The van der Waals surface area contributed by atoms with Gasteiger partial charge in [-0.2, -0.15) is 0 Å². The van der Waals surface area contributed by atoms with Crippen LogP contribution in [-0.4, -0.2) is 30.2 Å². The third kappa shape index (κ3) is 6.08. The minimum Gasteiger partial charge on any atom is -0.478 e. The van der Waals surface area contributed by atoms with Gasteiger partial charge in [0.05, 0.1) is 25.1 Å². The van der Waals surface area contributed by atoms with Crippen LogP contribution >= 0.6 is 0 Å². The topological polar surface area (TPSA) is 89.6 Å². The number of hydrogen-bond acceptors (Lipinski definition) is 5. The molecule has 2 amide bonds. The predicted octanol–water partition coefficient (Wildman–Crippen LogP) is 4.08. The van der Waals surface area contributed by atoms with Crippen molar-refractivity contribution >= 4 is 23.4 Å².